The van der Waals surface area contributed by atoms with Crippen LogP contribution in [0.5, 0.6) is 0 Å². The Labute approximate surface area is 79.4 Å². The Morgan fingerprint density at radius 2 is 2.25 bits per heavy atom. The van der Waals surface area contributed by atoms with E-state index in [1.54, 1.807) is 0 Å². The van der Waals surface area contributed by atoms with Gasteiger partial charge in [0, 0.05) is 13.5 Å². The van der Waals surface area contributed by atoms with Crippen molar-refractivity contribution in [3.8, 4) is 0 Å². The second-order valence-electron chi connectivity index (χ2n) is 2.58. The molecule has 0 amide bonds. The van der Waals surface area contributed by atoms with Crippen LogP contribution in [0.2, 0.25) is 0 Å². The Balaban J connectivity index is 0.00000121. The molecule has 0 saturated carbocycles. The summed E-state index contributed by atoms with van der Waals surface area (Å²) in [6.07, 6.45) is 6.14. The molecule has 0 aliphatic carbocycles. The van der Waals surface area contributed by atoms with Crippen molar-refractivity contribution in [1.82, 2.24) is 4.57 Å². The van der Waals surface area contributed by atoms with E-state index in [4.69, 9.17) is 4.74 Å². The van der Waals surface area contributed by atoms with Crippen molar-refractivity contribution in [3.05, 3.63) is 18.7 Å². The fraction of sp³-hybridized carbons (Fsp3) is 0.625. The Bertz CT molecular complexity index is 225. The highest BCUT2D eigenvalue weighted by Gasteiger charge is 2.08. The zero-order valence-corrected chi connectivity index (χ0v) is 8.45. The number of imidazole rings is 1. The molecule has 12 heavy (non-hydrogen) atoms. The minimum absolute atomic E-state index is 0. The largest absolute Gasteiger partial charge is 1.00 e. The maximum atomic E-state index is 5.39. The lowest BCUT2D eigenvalue weighted by molar-refractivity contribution is -0.671. The van der Waals surface area contributed by atoms with Gasteiger partial charge in [-0.25, -0.2) is 9.13 Å². The third-order valence-electron chi connectivity index (χ3n) is 1.62. The Kier molecular flexibility index (Phi) is 4.93. The molecule has 3 nitrogen and oxygen atoms in total. The first-order chi connectivity index (χ1) is 5.24. The number of nitrogens with zero attached hydrogens (tertiary/aromatic N) is 2. The highest BCUT2D eigenvalue weighted by Crippen LogP contribution is 2.03. The first kappa shape index (κ1) is 11.5. The number of ether oxygens (including phenoxy) is 1. The zero-order chi connectivity index (χ0) is 8.27. The summed E-state index contributed by atoms with van der Waals surface area (Å²) in [4.78, 5) is 0. The number of halogens is 1. The lowest BCUT2D eigenvalue weighted by Gasteiger charge is -2.06. The first-order valence-corrected chi connectivity index (χ1v) is 3.88. The summed E-state index contributed by atoms with van der Waals surface area (Å²) in [6, 6.07) is 0. The Morgan fingerprint density at radius 3 is 2.67 bits per heavy atom. The Hall–Kier alpha value is -0.540. The predicted molar refractivity (Wildman–Crippen MR) is 41.9 cm³/mol. The molecule has 1 aromatic heterocycles. The molecule has 0 N–H and O–H groups in total. The lowest BCUT2D eigenvalue weighted by atomic mass is 10.6. The zero-order valence-electron chi connectivity index (χ0n) is 7.70. The molecule has 70 valence electrons. The van der Waals surface area contributed by atoms with Gasteiger partial charge in [-0.15, -0.1) is 0 Å². The highest BCUT2D eigenvalue weighted by molar-refractivity contribution is 4.67. The molecule has 1 unspecified atom stereocenters. The van der Waals surface area contributed by atoms with Gasteiger partial charge in [0.05, 0.1) is 7.05 Å². The van der Waals surface area contributed by atoms with Crippen molar-refractivity contribution in [1.29, 1.82) is 0 Å². The first-order valence-electron chi connectivity index (χ1n) is 3.88. The van der Waals surface area contributed by atoms with Crippen molar-refractivity contribution >= 4 is 0 Å². The molecule has 0 aromatic carbocycles. The monoisotopic (exact) mass is 190 g/mol. The van der Waals surface area contributed by atoms with Crippen molar-refractivity contribution < 1.29 is 21.7 Å². The van der Waals surface area contributed by atoms with Gasteiger partial charge in [-0.05, 0) is 6.92 Å². The molecular formula is C8H15ClN2O. The van der Waals surface area contributed by atoms with Crippen LogP contribution >= 0.6 is 0 Å². The fourth-order valence-corrected chi connectivity index (χ4v) is 1.01. The molecule has 1 heterocycles. The van der Waals surface area contributed by atoms with E-state index < -0.39 is 0 Å². The number of aromatic nitrogens is 2. The van der Waals surface area contributed by atoms with Gasteiger partial charge in [0.15, 0.2) is 6.23 Å². The van der Waals surface area contributed by atoms with Gasteiger partial charge in [-0.2, -0.15) is 0 Å². The Morgan fingerprint density at radius 1 is 1.58 bits per heavy atom. The summed E-state index contributed by atoms with van der Waals surface area (Å²) in [5.74, 6) is 0. The van der Waals surface area contributed by atoms with E-state index in [1.807, 2.05) is 48.8 Å². The van der Waals surface area contributed by atoms with Crippen LogP contribution in [0, 0.1) is 0 Å². The standard InChI is InChI=1S/C8H15N2O.ClH/c1-4-11-8(2)10-6-5-9(3)7-10;/h5-8H,4H2,1-3H3;1H/q+1;/p-1. The fourth-order valence-electron chi connectivity index (χ4n) is 1.01. The average Bonchev–Trinajstić information content (AvgIpc) is 2.36. The van der Waals surface area contributed by atoms with Crippen LogP contribution in [0.3, 0.4) is 0 Å². The molecule has 1 aromatic rings. The molecule has 1 rings (SSSR count). The van der Waals surface area contributed by atoms with Crippen LogP contribution in [0.15, 0.2) is 18.7 Å². The van der Waals surface area contributed by atoms with Crippen LogP contribution in [0.1, 0.15) is 20.1 Å². The minimum atomic E-state index is 0. The normalized spacial score (nSPS) is 12.2. The van der Waals surface area contributed by atoms with Crippen molar-refractivity contribution in [2.75, 3.05) is 6.61 Å². The summed E-state index contributed by atoms with van der Waals surface area (Å²) in [7, 11) is 2.00. The summed E-state index contributed by atoms with van der Waals surface area (Å²) in [5.41, 5.74) is 0. The second kappa shape index (κ2) is 5.17. The highest BCUT2D eigenvalue weighted by atomic mass is 35.5. The van der Waals surface area contributed by atoms with Gasteiger partial charge in [0.1, 0.15) is 12.4 Å². The number of rotatable bonds is 3. The predicted octanol–water partition coefficient (Wildman–Crippen LogP) is -2.13. The molecule has 0 aliphatic rings. The van der Waals surface area contributed by atoms with Gasteiger partial charge in [0.2, 0.25) is 6.33 Å². The van der Waals surface area contributed by atoms with Crippen LogP contribution < -0.4 is 17.0 Å². The third-order valence-corrected chi connectivity index (χ3v) is 1.62. The number of hydrogen-bond donors (Lipinski definition) is 0. The maximum absolute atomic E-state index is 5.39. The van der Waals surface area contributed by atoms with Gasteiger partial charge in [-0.3, -0.25) is 0 Å². The molecule has 4 heteroatoms. The molecule has 0 bridgehead atoms. The molecule has 0 saturated heterocycles. The smallest absolute Gasteiger partial charge is 0.245 e. The van der Waals surface area contributed by atoms with Crippen molar-refractivity contribution in [2.24, 2.45) is 7.05 Å². The van der Waals surface area contributed by atoms with Crippen LogP contribution in [0.4, 0.5) is 0 Å². The summed E-state index contributed by atoms with van der Waals surface area (Å²) < 4.78 is 9.42. The molecular weight excluding hydrogens is 176 g/mol. The molecule has 1 atom stereocenters. The van der Waals surface area contributed by atoms with Gasteiger partial charge < -0.3 is 17.1 Å². The SMILES string of the molecule is CCOC(C)n1cc[n+](C)c1.[Cl-]. The van der Waals surface area contributed by atoms with E-state index in [-0.39, 0.29) is 18.6 Å². The molecule has 0 radical (unpaired) electrons. The van der Waals surface area contributed by atoms with E-state index in [0.29, 0.717) is 0 Å². The van der Waals surface area contributed by atoms with E-state index in [9.17, 15) is 0 Å². The second-order valence-corrected chi connectivity index (χ2v) is 2.58. The number of aryl methyl sites for hydroxylation is 1. The molecule has 0 aliphatic heterocycles. The van der Waals surface area contributed by atoms with E-state index in [0.717, 1.165) is 6.61 Å². The minimum Gasteiger partial charge on any atom is -1.00 e. The summed E-state index contributed by atoms with van der Waals surface area (Å²) >= 11 is 0. The van der Waals surface area contributed by atoms with E-state index >= 15 is 0 Å². The van der Waals surface area contributed by atoms with Crippen LogP contribution in [0.25, 0.3) is 0 Å². The average molecular weight is 191 g/mol. The van der Waals surface area contributed by atoms with E-state index in [1.165, 1.54) is 0 Å². The van der Waals surface area contributed by atoms with Gasteiger partial charge in [0.25, 0.3) is 0 Å². The van der Waals surface area contributed by atoms with Gasteiger partial charge in [-0.1, -0.05) is 0 Å². The maximum Gasteiger partial charge on any atom is 0.245 e. The van der Waals surface area contributed by atoms with Crippen molar-refractivity contribution in [3.63, 3.8) is 0 Å². The molecule has 0 fully saturated rings. The van der Waals surface area contributed by atoms with Crippen molar-refractivity contribution in [2.45, 2.75) is 20.1 Å². The molecule has 0 spiro atoms. The number of hydrogen-bond acceptors (Lipinski definition) is 1. The summed E-state index contributed by atoms with van der Waals surface area (Å²) in [5, 5.41) is 0. The quantitative estimate of drug-likeness (QED) is 0.499. The lowest BCUT2D eigenvalue weighted by Crippen LogP contribution is -3.00. The van der Waals surface area contributed by atoms with Crippen LogP contribution in [-0.2, 0) is 11.8 Å². The third kappa shape index (κ3) is 2.83. The topological polar surface area (TPSA) is 18.0 Å². The summed E-state index contributed by atoms with van der Waals surface area (Å²) in [6.45, 7) is 4.78. The van der Waals surface area contributed by atoms with Crippen LogP contribution in [-0.4, -0.2) is 11.2 Å². The van der Waals surface area contributed by atoms with E-state index in [2.05, 4.69) is 0 Å². The van der Waals surface area contributed by atoms with Gasteiger partial charge >= 0.3 is 0 Å².